The van der Waals surface area contributed by atoms with E-state index in [1.807, 2.05) is 64.1 Å². The lowest BCUT2D eigenvalue weighted by molar-refractivity contribution is -0.132. The fourth-order valence-electron chi connectivity index (χ4n) is 7.13. The van der Waals surface area contributed by atoms with Crippen LogP contribution in [0, 0.1) is 17.8 Å². The minimum absolute atomic E-state index is 0.0650. The quantitative estimate of drug-likeness (QED) is 0.0597. The first-order valence-electron chi connectivity index (χ1n) is 19.4. The van der Waals surface area contributed by atoms with Crippen LogP contribution in [-0.2, 0) is 27.2 Å². The highest BCUT2D eigenvalue weighted by Crippen LogP contribution is 2.27. The Balaban J connectivity index is 1.59. The van der Waals surface area contributed by atoms with Crippen molar-refractivity contribution in [3.63, 3.8) is 0 Å². The number of nitrogens with two attached hydrogens (primary N) is 1. The Labute approximate surface area is 315 Å². The fourth-order valence-corrected chi connectivity index (χ4v) is 7.13. The second-order valence-corrected chi connectivity index (χ2v) is 15.0. The highest BCUT2D eigenvalue weighted by molar-refractivity contribution is 5.91. The number of hydrogen-bond acceptors (Lipinski definition) is 6. The van der Waals surface area contributed by atoms with Gasteiger partial charge >= 0.3 is 0 Å². The van der Waals surface area contributed by atoms with E-state index >= 15 is 0 Å². The van der Waals surface area contributed by atoms with Crippen molar-refractivity contribution in [2.45, 2.75) is 103 Å². The number of benzene rings is 4. The van der Waals surface area contributed by atoms with Crippen LogP contribution in [0.2, 0.25) is 0 Å². The van der Waals surface area contributed by atoms with Crippen LogP contribution in [-0.4, -0.2) is 65.3 Å². The molecule has 0 aromatic heterocycles. The highest BCUT2D eigenvalue weighted by Gasteiger charge is 2.31. The Bertz CT molecular complexity index is 1690. The maximum absolute atomic E-state index is 14.5. The Morgan fingerprint density at radius 3 is 1.81 bits per heavy atom. The zero-order valence-electron chi connectivity index (χ0n) is 31.9. The molecule has 0 unspecified atom stereocenters. The third-order valence-electron chi connectivity index (χ3n) is 10.4. The van der Waals surface area contributed by atoms with Gasteiger partial charge in [0.05, 0.1) is 31.2 Å². The first kappa shape index (κ1) is 41.4. The van der Waals surface area contributed by atoms with Crippen molar-refractivity contribution in [2.24, 2.45) is 23.5 Å². The first-order valence-corrected chi connectivity index (χ1v) is 19.4. The number of rotatable bonds is 21. The van der Waals surface area contributed by atoms with Crippen LogP contribution in [0.4, 0.5) is 0 Å². The van der Waals surface area contributed by atoms with E-state index in [0.29, 0.717) is 45.1 Å². The molecule has 5 atom stereocenters. The van der Waals surface area contributed by atoms with Gasteiger partial charge in [0.2, 0.25) is 17.7 Å². The van der Waals surface area contributed by atoms with E-state index in [1.165, 1.54) is 0 Å². The summed E-state index contributed by atoms with van der Waals surface area (Å²) in [6.45, 7) is 8.18. The number of aliphatic hydroxyl groups is 2. The SMILES string of the molecule is CC[C@H](C)[C@@H](CO)NC(=O)C[C@H](O)[C@H](CC(C)C)NC(=O)[C@H](CCCCN)NC(=O)C(Cc1cccc2ccccc12)Cc1cccc2ccccc12. The summed E-state index contributed by atoms with van der Waals surface area (Å²) in [6, 6.07) is 26.6. The van der Waals surface area contributed by atoms with Crippen LogP contribution < -0.4 is 21.7 Å². The molecule has 0 spiro atoms. The molecule has 0 aliphatic carbocycles. The highest BCUT2D eigenvalue weighted by atomic mass is 16.3. The number of nitrogens with one attached hydrogen (secondary N) is 3. The molecular formula is C44H60N4O5. The second kappa shape index (κ2) is 20.8. The summed E-state index contributed by atoms with van der Waals surface area (Å²) in [6.07, 6.45) is 2.47. The largest absolute Gasteiger partial charge is 0.394 e. The number of amides is 3. The van der Waals surface area contributed by atoms with Gasteiger partial charge < -0.3 is 31.9 Å². The van der Waals surface area contributed by atoms with Crippen molar-refractivity contribution in [2.75, 3.05) is 13.2 Å². The summed E-state index contributed by atoms with van der Waals surface area (Å²) in [5.41, 5.74) is 7.94. The zero-order valence-corrected chi connectivity index (χ0v) is 31.9. The minimum Gasteiger partial charge on any atom is -0.394 e. The standard InChI is InChI=1S/C44H60N4O5/c1-5-30(4)40(28-49)46-42(51)27-41(50)39(24-29(2)3)48-44(53)38(22-10-11-23-45)47-43(52)35(25-33-18-12-16-31-14-6-8-20-36(31)33)26-34-19-13-17-32-15-7-9-21-37(32)34/h6-9,12-21,29-30,35,38-41,49-50H,5,10-11,22-28,45H2,1-4H3,(H,46,51)(H,47,52)(H,48,53)/t30-,38-,39-,40+,41-/m0/s1. The lowest BCUT2D eigenvalue weighted by atomic mass is 9.87. The monoisotopic (exact) mass is 724 g/mol. The number of unbranched alkanes of at least 4 members (excludes halogenated alkanes) is 1. The summed E-state index contributed by atoms with van der Waals surface area (Å²) in [5, 5.41) is 34.4. The Morgan fingerprint density at radius 1 is 0.717 bits per heavy atom. The molecule has 0 aliphatic rings. The molecule has 9 nitrogen and oxygen atoms in total. The van der Waals surface area contributed by atoms with Crippen LogP contribution in [0.1, 0.15) is 77.3 Å². The lowest BCUT2D eigenvalue weighted by Gasteiger charge is -2.29. The van der Waals surface area contributed by atoms with Gasteiger partial charge in [0.15, 0.2) is 0 Å². The van der Waals surface area contributed by atoms with Crippen molar-refractivity contribution in [3.05, 3.63) is 96.1 Å². The van der Waals surface area contributed by atoms with Crippen molar-refractivity contribution in [1.29, 1.82) is 0 Å². The molecular weight excluding hydrogens is 665 g/mol. The molecule has 0 saturated heterocycles. The predicted octanol–water partition coefficient (Wildman–Crippen LogP) is 5.81. The van der Waals surface area contributed by atoms with Gasteiger partial charge in [-0.05, 0) is 89.6 Å². The molecule has 3 amide bonds. The topological polar surface area (TPSA) is 154 Å². The van der Waals surface area contributed by atoms with Crippen molar-refractivity contribution >= 4 is 39.3 Å². The van der Waals surface area contributed by atoms with Crippen LogP contribution >= 0.6 is 0 Å². The van der Waals surface area contributed by atoms with Crippen molar-refractivity contribution in [3.8, 4) is 0 Å². The maximum atomic E-state index is 14.5. The zero-order chi connectivity index (χ0) is 38.3. The van der Waals surface area contributed by atoms with Gasteiger partial charge in [-0.2, -0.15) is 0 Å². The Hall–Kier alpha value is -4.31. The van der Waals surface area contributed by atoms with Crippen LogP contribution in [0.25, 0.3) is 21.5 Å². The van der Waals surface area contributed by atoms with Crippen molar-refractivity contribution in [1.82, 2.24) is 16.0 Å². The van der Waals surface area contributed by atoms with Gasteiger partial charge in [-0.15, -0.1) is 0 Å². The van der Waals surface area contributed by atoms with Gasteiger partial charge in [-0.25, -0.2) is 0 Å². The maximum Gasteiger partial charge on any atom is 0.242 e. The third kappa shape index (κ3) is 12.1. The van der Waals surface area contributed by atoms with Crippen LogP contribution in [0.5, 0.6) is 0 Å². The summed E-state index contributed by atoms with van der Waals surface area (Å²) in [4.78, 5) is 41.5. The van der Waals surface area contributed by atoms with E-state index in [1.54, 1.807) is 0 Å². The molecule has 0 fully saturated rings. The number of carbonyl (C=O) groups is 3. The second-order valence-electron chi connectivity index (χ2n) is 15.0. The molecule has 0 saturated carbocycles. The van der Waals surface area contributed by atoms with E-state index in [2.05, 4.69) is 64.5 Å². The number of carbonyl (C=O) groups excluding carboxylic acids is 3. The summed E-state index contributed by atoms with van der Waals surface area (Å²) >= 11 is 0. The summed E-state index contributed by atoms with van der Waals surface area (Å²) in [5.74, 6) is -1.32. The van der Waals surface area contributed by atoms with E-state index in [9.17, 15) is 24.6 Å². The lowest BCUT2D eigenvalue weighted by Crippen LogP contribution is -2.54. The van der Waals surface area contributed by atoms with Gasteiger partial charge in [0, 0.05) is 5.92 Å². The number of fused-ring (bicyclic) bond motifs is 2. The molecule has 4 aromatic carbocycles. The molecule has 0 radical (unpaired) electrons. The normalized spacial score (nSPS) is 14.5. The van der Waals surface area contributed by atoms with Gasteiger partial charge in [-0.3, -0.25) is 14.4 Å². The number of aliphatic hydroxyl groups excluding tert-OH is 2. The molecule has 7 N–H and O–H groups in total. The van der Waals surface area contributed by atoms with Crippen LogP contribution in [0.3, 0.4) is 0 Å². The van der Waals surface area contributed by atoms with Gasteiger partial charge in [-0.1, -0.05) is 119 Å². The minimum atomic E-state index is -1.16. The molecule has 0 bridgehead atoms. The molecule has 53 heavy (non-hydrogen) atoms. The van der Waals surface area contributed by atoms with E-state index in [0.717, 1.165) is 39.1 Å². The predicted molar refractivity (Wildman–Crippen MR) is 214 cm³/mol. The van der Waals surface area contributed by atoms with E-state index in [4.69, 9.17) is 5.73 Å². The van der Waals surface area contributed by atoms with E-state index < -0.39 is 42.0 Å². The van der Waals surface area contributed by atoms with Gasteiger partial charge in [0.1, 0.15) is 6.04 Å². The van der Waals surface area contributed by atoms with Crippen molar-refractivity contribution < 1.29 is 24.6 Å². The molecule has 0 aliphatic heterocycles. The third-order valence-corrected chi connectivity index (χ3v) is 10.4. The smallest absolute Gasteiger partial charge is 0.242 e. The summed E-state index contributed by atoms with van der Waals surface area (Å²) in [7, 11) is 0. The average Bonchev–Trinajstić information content (AvgIpc) is 3.15. The number of hydrogen-bond donors (Lipinski definition) is 6. The molecule has 9 heteroatoms. The van der Waals surface area contributed by atoms with E-state index in [-0.39, 0.29) is 30.8 Å². The summed E-state index contributed by atoms with van der Waals surface area (Å²) < 4.78 is 0. The fraction of sp³-hybridized carbons (Fsp3) is 0.477. The molecule has 4 rings (SSSR count). The van der Waals surface area contributed by atoms with Gasteiger partial charge in [0.25, 0.3) is 0 Å². The molecule has 0 heterocycles. The molecule has 286 valence electrons. The Kier molecular flexibility index (Phi) is 16.3. The van der Waals surface area contributed by atoms with Crippen LogP contribution in [0.15, 0.2) is 84.9 Å². The first-order chi connectivity index (χ1) is 25.5. The average molecular weight is 725 g/mol. The Morgan fingerprint density at radius 2 is 1.28 bits per heavy atom. The molecule has 4 aromatic rings.